The fourth-order valence-electron chi connectivity index (χ4n) is 1.44. The van der Waals surface area contributed by atoms with Gasteiger partial charge in [-0.1, -0.05) is 20.3 Å². The second kappa shape index (κ2) is 5.61. The predicted molar refractivity (Wildman–Crippen MR) is 55.8 cm³/mol. The van der Waals surface area contributed by atoms with Crippen molar-refractivity contribution in [2.75, 3.05) is 7.11 Å². The van der Waals surface area contributed by atoms with Gasteiger partial charge in [-0.25, -0.2) is 0 Å². The molecule has 13 heavy (non-hydrogen) atoms. The van der Waals surface area contributed by atoms with E-state index in [2.05, 4.69) is 13.8 Å². The van der Waals surface area contributed by atoms with Crippen LogP contribution in [0.3, 0.4) is 0 Å². The first-order chi connectivity index (χ1) is 5.93. The lowest BCUT2D eigenvalue weighted by Gasteiger charge is -2.28. The molecule has 0 aromatic carbocycles. The lowest BCUT2D eigenvalue weighted by molar-refractivity contribution is -0.0332. The topological polar surface area (TPSA) is 29.5 Å². The third kappa shape index (κ3) is 5.27. The number of hydrogen-bond donors (Lipinski definition) is 1. The maximum atomic E-state index is 9.84. The zero-order valence-electron chi connectivity index (χ0n) is 9.63. The minimum atomic E-state index is -0.241. The molecule has 0 aliphatic heterocycles. The van der Waals surface area contributed by atoms with Gasteiger partial charge in [0, 0.05) is 13.5 Å². The molecule has 1 N–H and O–H groups in total. The van der Waals surface area contributed by atoms with Gasteiger partial charge in [-0.3, -0.25) is 0 Å². The normalized spacial score (nSPS) is 17.1. The van der Waals surface area contributed by atoms with Gasteiger partial charge < -0.3 is 9.84 Å². The molecule has 0 rings (SSSR count). The van der Waals surface area contributed by atoms with E-state index in [1.165, 1.54) is 0 Å². The van der Waals surface area contributed by atoms with Gasteiger partial charge >= 0.3 is 0 Å². The summed E-state index contributed by atoms with van der Waals surface area (Å²) in [6.45, 7) is 8.26. The second-order valence-corrected chi connectivity index (χ2v) is 4.50. The molecule has 0 radical (unpaired) electrons. The Bertz CT molecular complexity index is 132. The van der Waals surface area contributed by atoms with E-state index in [1.807, 2.05) is 13.8 Å². The van der Waals surface area contributed by atoms with Crippen molar-refractivity contribution < 1.29 is 9.84 Å². The van der Waals surface area contributed by atoms with Crippen molar-refractivity contribution in [2.24, 2.45) is 5.92 Å². The van der Waals surface area contributed by atoms with Crippen LogP contribution in [0, 0.1) is 5.92 Å². The molecule has 2 nitrogen and oxygen atoms in total. The first-order valence-electron chi connectivity index (χ1n) is 5.16. The van der Waals surface area contributed by atoms with Crippen molar-refractivity contribution in [3.8, 4) is 0 Å². The summed E-state index contributed by atoms with van der Waals surface area (Å²) in [6.07, 6.45) is 2.69. The highest BCUT2D eigenvalue weighted by Crippen LogP contribution is 2.22. The Morgan fingerprint density at radius 1 is 1.38 bits per heavy atom. The summed E-state index contributed by atoms with van der Waals surface area (Å²) in [7, 11) is 1.69. The number of aliphatic hydroxyl groups excluding tert-OH is 1. The summed E-state index contributed by atoms with van der Waals surface area (Å²) in [5.41, 5.74) is -0.207. The van der Waals surface area contributed by atoms with E-state index >= 15 is 0 Å². The molecule has 0 aromatic rings. The quantitative estimate of drug-likeness (QED) is 0.694. The molecule has 0 amide bonds. The molecule has 0 aliphatic rings. The van der Waals surface area contributed by atoms with Gasteiger partial charge in [0.1, 0.15) is 0 Å². The van der Waals surface area contributed by atoms with Crippen LogP contribution < -0.4 is 0 Å². The number of hydrogen-bond acceptors (Lipinski definition) is 2. The smallest absolute Gasteiger partial charge is 0.0647 e. The average Bonchev–Trinajstić information content (AvgIpc) is 2.04. The molecule has 80 valence electrons. The van der Waals surface area contributed by atoms with Crippen LogP contribution in [-0.4, -0.2) is 23.9 Å². The second-order valence-electron chi connectivity index (χ2n) is 4.50. The Morgan fingerprint density at radius 2 is 1.92 bits per heavy atom. The molecule has 0 aliphatic carbocycles. The molecule has 2 atom stereocenters. The van der Waals surface area contributed by atoms with Gasteiger partial charge in [0.25, 0.3) is 0 Å². The Hall–Kier alpha value is -0.0800. The molecule has 2 unspecified atom stereocenters. The Morgan fingerprint density at radius 3 is 2.31 bits per heavy atom. The summed E-state index contributed by atoms with van der Waals surface area (Å²) in [5, 5.41) is 9.84. The lowest BCUT2D eigenvalue weighted by Crippen LogP contribution is -2.32. The van der Waals surface area contributed by atoms with Crippen LogP contribution in [0.25, 0.3) is 0 Å². The lowest BCUT2D eigenvalue weighted by atomic mass is 9.90. The first-order valence-corrected chi connectivity index (χ1v) is 5.16. The maximum Gasteiger partial charge on any atom is 0.0647 e. The van der Waals surface area contributed by atoms with E-state index < -0.39 is 0 Å². The van der Waals surface area contributed by atoms with Gasteiger partial charge in [0.05, 0.1) is 11.7 Å². The fraction of sp³-hybridized carbons (Fsp3) is 1.00. The third-order valence-corrected chi connectivity index (χ3v) is 2.65. The van der Waals surface area contributed by atoms with Crippen molar-refractivity contribution >= 4 is 0 Å². The van der Waals surface area contributed by atoms with Gasteiger partial charge in [0.2, 0.25) is 0 Å². The zero-order chi connectivity index (χ0) is 10.5. The molecular weight excluding hydrogens is 164 g/mol. The largest absolute Gasteiger partial charge is 0.393 e. The summed E-state index contributed by atoms with van der Waals surface area (Å²) < 4.78 is 5.28. The summed E-state index contributed by atoms with van der Waals surface area (Å²) >= 11 is 0. The molecule has 0 spiro atoms. The highest BCUT2D eigenvalue weighted by Gasteiger charge is 2.24. The van der Waals surface area contributed by atoms with Crippen LogP contribution >= 0.6 is 0 Å². The van der Waals surface area contributed by atoms with Crippen molar-refractivity contribution in [3.63, 3.8) is 0 Å². The average molecular weight is 188 g/mol. The SMILES string of the molecule is CCCC(C)C(O)CC(C)(C)OC. The molecule has 0 aromatic heterocycles. The van der Waals surface area contributed by atoms with E-state index in [4.69, 9.17) is 4.74 Å². The summed E-state index contributed by atoms with van der Waals surface area (Å²) in [5.74, 6) is 0.374. The van der Waals surface area contributed by atoms with Gasteiger partial charge in [0.15, 0.2) is 0 Å². The molecule has 0 fully saturated rings. The summed E-state index contributed by atoms with van der Waals surface area (Å²) in [6, 6.07) is 0. The van der Waals surface area contributed by atoms with E-state index in [1.54, 1.807) is 7.11 Å². The first kappa shape index (κ1) is 12.9. The van der Waals surface area contributed by atoms with E-state index in [0.717, 1.165) is 12.8 Å². The van der Waals surface area contributed by atoms with E-state index in [-0.39, 0.29) is 11.7 Å². The molecule has 2 heteroatoms. The highest BCUT2D eigenvalue weighted by molar-refractivity contribution is 4.76. The van der Waals surface area contributed by atoms with Gasteiger partial charge in [-0.05, 0) is 26.2 Å². The number of methoxy groups -OCH3 is 1. The Labute approximate surface area is 82.3 Å². The number of rotatable bonds is 6. The van der Waals surface area contributed by atoms with Crippen LogP contribution in [0.4, 0.5) is 0 Å². The van der Waals surface area contributed by atoms with Crippen molar-refractivity contribution in [1.29, 1.82) is 0 Å². The molecule has 0 saturated carbocycles. The van der Waals surface area contributed by atoms with Crippen LogP contribution in [0.2, 0.25) is 0 Å². The van der Waals surface area contributed by atoms with Gasteiger partial charge in [-0.15, -0.1) is 0 Å². The van der Waals surface area contributed by atoms with Crippen LogP contribution in [-0.2, 0) is 4.74 Å². The summed E-state index contributed by atoms with van der Waals surface area (Å²) in [4.78, 5) is 0. The minimum absolute atomic E-state index is 0.207. The van der Waals surface area contributed by atoms with Crippen molar-refractivity contribution in [2.45, 2.75) is 58.7 Å². The van der Waals surface area contributed by atoms with Crippen LogP contribution in [0.5, 0.6) is 0 Å². The van der Waals surface area contributed by atoms with Crippen LogP contribution in [0.1, 0.15) is 47.0 Å². The monoisotopic (exact) mass is 188 g/mol. The van der Waals surface area contributed by atoms with E-state index in [9.17, 15) is 5.11 Å². The molecular formula is C11H24O2. The van der Waals surface area contributed by atoms with Crippen LogP contribution in [0.15, 0.2) is 0 Å². The van der Waals surface area contributed by atoms with E-state index in [0.29, 0.717) is 12.3 Å². The van der Waals surface area contributed by atoms with Crippen molar-refractivity contribution in [1.82, 2.24) is 0 Å². The fourth-order valence-corrected chi connectivity index (χ4v) is 1.44. The molecule has 0 heterocycles. The van der Waals surface area contributed by atoms with Gasteiger partial charge in [-0.2, -0.15) is 0 Å². The molecule has 0 saturated heterocycles. The predicted octanol–water partition coefficient (Wildman–Crippen LogP) is 2.60. The van der Waals surface area contributed by atoms with Crippen molar-refractivity contribution in [3.05, 3.63) is 0 Å². The number of aliphatic hydroxyl groups is 1. The maximum absolute atomic E-state index is 9.84. The molecule has 0 bridgehead atoms. The Balaban J connectivity index is 3.91. The number of ether oxygens (including phenoxy) is 1. The minimum Gasteiger partial charge on any atom is -0.393 e. The third-order valence-electron chi connectivity index (χ3n) is 2.65. The standard InChI is InChI=1S/C11H24O2/c1-6-7-9(2)10(12)8-11(3,4)13-5/h9-10,12H,6-8H2,1-5H3. The Kier molecular flexibility index (Phi) is 5.57. The highest BCUT2D eigenvalue weighted by atomic mass is 16.5. The zero-order valence-corrected chi connectivity index (χ0v) is 9.63.